The van der Waals surface area contributed by atoms with Crippen LogP contribution in [0.3, 0.4) is 0 Å². The normalized spacial score (nSPS) is 11.5. The van der Waals surface area contributed by atoms with Crippen LogP contribution in [0.2, 0.25) is 0 Å². The third kappa shape index (κ3) is 4.23. The summed E-state index contributed by atoms with van der Waals surface area (Å²) in [6.45, 7) is 3.67. The molecule has 0 aliphatic heterocycles. The van der Waals surface area contributed by atoms with Crippen molar-refractivity contribution >= 4 is 5.82 Å². The Labute approximate surface area is 88.7 Å². The van der Waals surface area contributed by atoms with E-state index in [1.54, 1.807) is 12.3 Å². The fourth-order valence-corrected chi connectivity index (χ4v) is 1.12. The first kappa shape index (κ1) is 11.9. The molecule has 1 N–H and O–H groups in total. The summed E-state index contributed by atoms with van der Waals surface area (Å²) in [5.74, 6) is -1.93. The Morgan fingerprint density at radius 3 is 2.67 bits per heavy atom. The summed E-state index contributed by atoms with van der Waals surface area (Å²) in [6, 6.07) is 3.69. The number of pyridine rings is 1. The second kappa shape index (κ2) is 5.05. The van der Waals surface area contributed by atoms with Crippen molar-refractivity contribution in [2.45, 2.75) is 32.6 Å². The molecule has 0 amide bonds. The predicted molar refractivity (Wildman–Crippen MR) is 57.3 cm³/mol. The molecule has 0 bridgehead atoms. The summed E-state index contributed by atoms with van der Waals surface area (Å²) < 4.78 is 25.7. The molecule has 0 aliphatic rings. The minimum atomic E-state index is -2.57. The van der Waals surface area contributed by atoms with E-state index >= 15 is 0 Å². The van der Waals surface area contributed by atoms with Gasteiger partial charge in [0.15, 0.2) is 0 Å². The van der Waals surface area contributed by atoms with E-state index in [9.17, 15) is 8.78 Å². The zero-order valence-electron chi connectivity index (χ0n) is 9.06. The summed E-state index contributed by atoms with van der Waals surface area (Å²) in [7, 11) is 0. The quantitative estimate of drug-likeness (QED) is 0.813. The number of nitrogens with one attached hydrogen (secondary N) is 1. The number of halogens is 2. The van der Waals surface area contributed by atoms with E-state index in [0.29, 0.717) is 5.82 Å². The van der Waals surface area contributed by atoms with Gasteiger partial charge in [-0.1, -0.05) is 13.0 Å². The number of rotatable bonds is 5. The topological polar surface area (TPSA) is 24.9 Å². The molecule has 1 rings (SSSR count). The Hall–Kier alpha value is -1.19. The van der Waals surface area contributed by atoms with Gasteiger partial charge in [0.2, 0.25) is 5.92 Å². The van der Waals surface area contributed by atoms with Gasteiger partial charge in [-0.2, -0.15) is 0 Å². The van der Waals surface area contributed by atoms with Crippen molar-refractivity contribution in [3.63, 3.8) is 0 Å². The average molecular weight is 214 g/mol. The molecule has 15 heavy (non-hydrogen) atoms. The van der Waals surface area contributed by atoms with E-state index in [4.69, 9.17) is 0 Å². The Kier molecular flexibility index (Phi) is 4.00. The van der Waals surface area contributed by atoms with E-state index in [-0.39, 0.29) is 19.4 Å². The number of anilines is 1. The molecule has 0 atom stereocenters. The first-order valence-corrected chi connectivity index (χ1v) is 5.08. The highest BCUT2D eigenvalue weighted by Gasteiger charge is 2.24. The second-order valence-corrected chi connectivity index (χ2v) is 3.61. The van der Waals surface area contributed by atoms with Crippen molar-refractivity contribution < 1.29 is 8.78 Å². The Balaban J connectivity index is 2.35. The van der Waals surface area contributed by atoms with Crippen molar-refractivity contribution in [3.8, 4) is 0 Å². The summed E-state index contributed by atoms with van der Waals surface area (Å²) in [5.41, 5.74) is 1.06. The SMILES string of the molecule is CCC(F)(F)CCNc1ccc(C)cn1. The van der Waals surface area contributed by atoms with Gasteiger partial charge < -0.3 is 5.32 Å². The van der Waals surface area contributed by atoms with Crippen LogP contribution < -0.4 is 5.32 Å². The number of hydrogen-bond acceptors (Lipinski definition) is 2. The molecule has 0 saturated heterocycles. The zero-order chi connectivity index (χ0) is 11.3. The van der Waals surface area contributed by atoms with Gasteiger partial charge in [-0.15, -0.1) is 0 Å². The van der Waals surface area contributed by atoms with Gasteiger partial charge in [0, 0.05) is 25.6 Å². The van der Waals surface area contributed by atoms with Crippen LogP contribution in [0.5, 0.6) is 0 Å². The minimum absolute atomic E-state index is 0.115. The maximum atomic E-state index is 12.9. The molecular formula is C11H16F2N2. The van der Waals surface area contributed by atoms with Crippen molar-refractivity contribution in [2.24, 2.45) is 0 Å². The molecule has 0 aliphatic carbocycles. The van der Waals surface area contributed by atoms with Gasteiger partial charge in [0.1, 0.15) is 5.82 Å². The van der Waals surface area contributed by atoms with E-state index in [1.165, 1.54) is 6.92 Å². The first-order chi connectivity index (χ1) is 7.03. The largest absolute Gasteiger partial charge is 0.370 e. The van der Waals surface area contributed by atoms with Gasteiger partial charge in [-0.3, -0.25) is 0 Å². The van der Waals surface area contributed by atoms with Gasteiger partial charge in [-0.25, -0.2) is 13.8 Å². The van der Waals surface area contributed by atoms with Crippen LogP contribution in [0.25, 0.3) is 0 Å². The van der Waals surface area contributed by atoms with Crippen molar-refractivity contribution in [3.05, 3.63) is 23.9 Å². The molecule has 1 aromatic rings. The molecule has 2 nitrogen and oxygen atoms in total. The van der Waals surface area contributed by atoms with Crippen LogP contribution in [0.4, 0.5) is 14.6 Å². The molecule has 0 spiro atoms. The van der Waals surface area contributed by atoms with Gasteiger partial charge in [-0.05, 0) is 18.6 Å². The third-order valence-corrected chi connectivity index (χ3v) is 2.23. The first-order valence-electron chi connectivity index (χ1n) is 5.08. The Morgan fingerprint density at radius 1 is 1.40 bits per heavy atom. The third-order valence-electron chi connectivity index (χ3n) is 2.23. The molecule has 0 fully saturated rings. The van der Waals surface area contributed by atoms with Crippen molar-refractivity contribution in [1.82, 2.24) is 4.98 Å². The maximum Gasteiger partial charge on any atom is 0.249 e. The monoisotopic (exact) mass is 214 g/mol. The number of hydrogen-bond donors (Lipinski definition) is 1. The van der Waals surface area contributed by atoms with E-state index in [1.807, 2.05) is 13.0 Å². The lowest BCUT2D eigenvalue weighted by Gasteiger charge is -2.14. The number of nitrogens with zero attached hydrogens (tertiary/aromatic N) is 1. The van der Waals surface area contributed by atoms with Crippen LogP contribution in [-0.2, 0) is 0 Å². The molecule has 4 heteroatoms. The van der Waals surface area contributed by atoms with Crippen LogP contribution >= 0.6 is 0 Å². The standard InChI is InChI=1S/C11H16F2N2/c1-3-11(12,13)6-7-14-10-5-4-9(2)8-15-10/h4-5,8H,3,6-7H2,1-2H3,(H,14,15). The average Bonchev–Trinajstić information content (AvgIpc) is 2.21. The number of aromatic nitrogens is 1. The smallest absolute Gasteiger partial charge is 0.249 e. The van der Waals surface area contributed by atoms with E-state index in [2.05, 4.69) is 10.3 Å². The molecule has 0 aromatic carbocycles. The van der Waals surface area contributed by atoms with Crippen LogP contribution in [0.15, 0.2) is 18.3 Å². The highest BCUT2D eigenvalue weighted by atomic mass is 19.3. The molecule has 0 radical (unpaired) electrons. The minimum Gasteiger partial charge on any atom is -0.370 e. The molecule has 84 valence electrons. The van der Waals surface area contributed by atoms with Gasteiger partial charge in [0.25, 0.3) is 0 Å². The molecule has 1 aromatic heterocycles. The Morgan fingerprint density at radius 2 is 2.13 bits per heavy atom. The summed E-state index contributed by atoms with van der Waals surface area (Å²) in [4.78, 5) is 4.07. The lowest BCUT2D eigenvalue weighted by atomic mass is 10.2. The van der Waals surface area contributed by atoms with Crippen molar-refractivity contribution in [2.75, 3.05) is 11.9 Å². The summed E-state index contributed by atoms with van der Waals surface area (Å²) in [6.07, 6.45) is 1.44. The fourth-order valence-electron chi connectivity index (χ4n) is 1.12. The van der Waals surface area contributed by atoms with E-state index in [0.717, 1.165) is 5.56 Å². The van der Waals surface area contributed by atoms with Gasteiger partial charge in [0.05, 0.1) is 0 Å². The lowest BCUT2D eigenvalue weighted by Crippen LogP contribution is -2.19. The fraction of sp³-hybridized carbons (Fsp3) is 0.545. The van der Waals surface area contributed by atoms with Crippen LogP contribution in [0, 0.1) is 6.92 Å². The zero-order valence-corrected chi connectivity index (χ0v) is 9.06. The molecule has 0 saturated carbocycles. The highest BCUT2D eigenvalue weighted by Crippen LogP contribution is 2.21. The summed E-state index contributed by atoms with van der Waals surface area (Å²) >= 11 is 0. The summed E-state index contributed by atoms with van der Waals surface area (Å²) in [5, 5.41) is 2.87. The predicted octanol–water partition coefficient (Wildman–Crippen LogP) is 3.24. The van der Waals surface area contributed by atoms with Gasteiger partial charge >= 0.3 is 0 Å². The highest BCUT2D eigenvalue weighted by molar-refractivity contribution is 5.34. The van der Waals surface area contributed by atoms with Crippen LogP contribution in [-0.4, -0.2) is 17.5 Å². The number of aryl methyl sites for hydroxylation is 1. The molecular weight excluding hydrogens is 198 g/mol. The molecule has 1 heterocycles. The lowest BCUT2D eigenvalue weighted by molar-refractivity contribution is -0.00781. The van der Waals surface area contributed by atoms with Crippen molar-refractivity contribution in [1.29, 1.82) is 0 Å². The molecule has 0 unspecified atom stereocenters. The van der Waals surface area contributed by atoms with Crippen LogP contribution in [0.1, 0.15) is 25.3 Å². The maximum absolute atomic E-state index is 12.9. The van der Waals surface area contributed by atoms with E-state index < -0.39 is 5.92 Å². The number of alkyl halides is 2. The second-order valence-electron chi connectivity index (χ2n) is 3.61. The Bertz CT molecular complexity index is 296.